The summed E-state index contributed by atoms with van der Waals surface area (Å²) in [6.45, 7) is 6.62. The van der Waals surface area contributed by atoms with Crippen LogP contribution in [0.1, 0.15) is 65.7 Å². The van der Waals surface area contributed by atoms with Crippen molar-refractivity contribution < 1.29 is 9.59 Å². The summed E-state index contributed by atoms with van der Waals surface area (Å²) < 4.78 is 0. The predicted molar refractivity (Wildman–Crippen MR) is 70.8 cm³/mol. The molecule has 2 rings (SSSR count). The van der Waals surface area contributed by atoms with Gasteiger partial charge in [0.25, 0.3) is 0 Å². The second-order valence-corrected chi connectivity index (χ2v) is 6.68. The molecule has 2 aliphatic rings. The van der Waals surface area contributed by atoms with Gasteiger partial charge in [-0.15, -0.1) is 0 Å². The van der Waals surface area contributed by atoms with E-state index in [9.17, 15) is 9.59 Å². The van der Waals surface area contributed by atoms with Gasteiger partial charge in [0.05, 0.1) is 0 Å². The Labute approximate surface area is 110 Å². The van der Waals surface area contributed by atoms with Crippen LogP contribution >= 0.6 is 0 Å². The van der Waals surface area contributed by atoms with E-state index in [0.717, 1.165) is 32.1 Å². The lowest BCUT2D eigenvalue weighted by atomic mass is 9.49. The Morgan fingerprint density at radius 1 is 1.22 bits per heavy atom. The fourth-order valence-corrected chi connectivity index (χ4v) is 4.19. The Kier molecular flexibility index (Phi) is 3.52. The van der Waals surface area contributed by atoms with Crippen LogP contribution in [0.25, 0.3) is 0 Å². The smallest absolute Gasteiger partial charge is 0.230 e. The first-order valence-electron chi connectivity index (χ1n) is 7.27. The number of imide groups is 1. The molecule has 2 unspecified atom stereocenters. The van der Waals surface area contributed by atoms with Crippen molar-refractivity contribution in [2.75, 3.05) is 0 Å². The van der Waals surface area contributed by atoms with E-state index in [2.05, 4.69) is 26.1 Å². The summed E-state index contributed by atoms with van der Waals surface area (Å²) in [6.07, 6.45) is 6.99. The van der Waals surface area contributed by atoms with Crippen LogP contribution in [-0.2, 0) is 9.59 Å². The van der Waals surface area contributed by atoms with Gasteiger partial charge in [0, 0.05) is 12.3 Å². The molecular formula is C15H25NO2. The number of hydrogen-bond donors (Lipinski definition) is 1. The summed E-state index contributed by atoms with van der Waals surface area (Å²) in [6, 6.07) is 0. The van der Waals surface area contributed by atoms with Crippen LogP contribution in [0.5, 0.6) is 0 Å². The SMILES string of the molecule is CCCC1C(=O)NC(=O)CC12CCCCC2(C)C. The maximum Gasteiger partial charge on any atom is 0.230 e. The molecule has 0 aromatic rings. The van der Waals surface area contributed by atoms with Crippen LogP contribution in [0.3, 0.4) is 0 Å². The Bertz CT molecular complexity index is 362. The van der Waals surface area contributed by atoms with Crippen molar-refractivity contribution in [1.29, 1.82) is 0 Å². The van der Waals surface area contributed by atoms with E-state index in [1.807, 2.05) is 0 Å². The van der Waals surface area contributed by atoms with Crippen molar-refractivity contribution in [2.24, 2.45) is 16.7 Å². The number of amides is 2. The normalized spacial score (nSPS) is 35.6. The molecule has 0 aromatic heterocycles. The molecule has 2 amide bonds. The first-order chi connectivity index (χ1) is 8.43. The Morgan fingerprint density at radius 3 is 2.50 bits per heavy atom. The second kappa shape index (κ2) is 4.67. The van der Waals surface area contributed by atoms with Gasteiger partial charge in [0.2, 0.25) is 11.8 Å². The number of hydrogen-bond acceptors (Lipinski definition) is 2. The van der Waals surface area contributed by atoms with Crippen molar-refractivity contribution in [1.82, 2.24) is 5.32 Å². The summed E-state index contributed by atoms with van der Waals surface area (Å²) in [7, 11) is 0. The molecule has 2 atom stereocenters. The van der Waals surface area contributed by atoms with Gasteiger partial charge in [-0.25, -0.2) is 0 Å². The predicted octanol–water partition coefficient (Wildman–Crippen LogP) is 3.04. The van der Waals surface area contributed by atoms with Gasteiger partial charge in [-0.05, 0) is 30.1 Å². The minimum absolute atomic E-state index is 0.0236. The van der Waals surface area contributed by atoms with Crippen LogP contribution in [0, 0.1) is 16.7 Å². The number of rotatable bonds is 2. The van der Waals surface area contributed by atoms with Gasteiger partial charge >= 0.3 is 0 Å². The van der Waals surface area contributed by atoms with Crippen molar-refractivity contribution in [3.05, 3.63) is 0 Å². The minimum Gasteiger partial charge on any atom is -0.296 e. The first-order valence-corrected chi connectivity index (χ1v) is 7.27. The highest BCUT2D eigenvalue weighted by atomic mass is 16.2. The average molecular weight is 251 g/mol. The minimum atomic E-state index is -0.0966. The number of nitrogens with one attached hydrogen (secondary N) is 1. The summed E-state index contributed by atoms with van der Waals surface area (Å²) in [5.41, 5.74) is -0.000810. The van der Waals surface area contributed by atoms with E-state index in [4.69, 9.17) is 0 Å². The lowest BCUT2D eigenvalue weighted by molar-refractivity contribution is -0.155. The van der Waals surface area contributed by atoms with E-state index in [0.29, 0.717) is 6.42 Å². The fourth-order valence-electron chi connectivity index (χ4n) is 4.19. The van der Waals surface area contributed by atoms with Crippen LogP contribution < -0.4 is 5.32 Å². The molecule has 1 saturated carbocycles. The highest BCUT2D eigenvalue weighted by Crippen LogP contribution is 2.58. The molecule has 3 nitrogen and oxygen atoms in total. The standard InChI is InChI=1S/C15H25NO2/c1-4-7-11-13(18)16-12(17)10-15(11)9-6-5-8-14(15,2)3/h11H,4-10H2,1-3H3,(H,16,17,18). The molecule has 0 radical (unpaired) electrons. The van der Waals surface area contributed by atoms with Crippen molar-refractivity contribution in [2.45, 2.75) is 65.7 Å². The lowest BCUT2D eigenvalue weighted by Gasteiger charge is -2.55. The molecule has 2 fully saturated rings. The zero-order chi connectivity index (χ0) is 13.4. The molecule has 3 heteroatoms. The molecule has 18 heavy (non-hydrogen) atoms. The number of piperidine rings is 1. The van der Waals surface area contributed by atoms with Gasteiger partial charge in [0.1, 0.15) is 0 Å². The third kappa shape index (κ3) is 1.98. The largest absolute Gasteiger partial charge is 0.296 e. The Balaban J connectivity index is 2.40. The maximum absolute atomic E-state index is 12.2. The van der Waals surface area contributed by atoms with E-state index in [-0.39, 0.29) is 28.6 Å². The van der Waals surface area contributed by atoms with Gasteiger partial charge in [-0.2, -0.15) is 0 Å². The summed E-state index contributed by atoms with van der Waals surface area (Å²) in [5, 5.41) is 2.55. The van der Waals surface area contributed by atoms with E-state index in [1.54, 1.807) is 0 Å². The molecule has 102 valence electrons. The summed E-state index contributed by atoms with van der Waals surface area (Å²) in [5.74, 6) is -0.0686. The molecule has 1 N–H and O–H groups in total. The maximum atomic E-state index is 12.2. The molecule has 1 aliphatic heterocycles. The zero-order valence-corrected chi connectivity index (χ0v) is 11.8. The van der Waals surface area contributed by atoms with Crippen LogP contribution in [0.4, 0.5) is 0 Å². The van der Waals surface area contributed by atoms with E-state index < -0.39 is 0 Å². The van der Waals surface area contributed by atoms with Crippen molar-refractivity contribution >= 4 is 11.8 Å². The van der Waals surface area contributed by atoms with Crippen LogP contribution in [0.2, 0.25) is 0 Å². The first kappa shape index (κ1) is 13.6. The van der Waals surface area contributed by atoms with Crippen molar-refractivity contribution in [3.63, 3.8) is 0 Å². The fraction of sp³-hybridized carbons (Fsp3) is 0.867. The highest BCUT2D eigenvalue weighted by Gasteiger charge is 2.56. The quantitative estimate of drug-likeness (QED) is 0.767. The molecule has 1 spiro atoms. The Morgan fingerprint density at radius 2 is 1.89 bits per heavy atom. The molecule has 1 aliphatic carbocycles. The van der Waals surface area contributed by atoms with Gasteiger partial charge < -0.3 is 0 Å². The summed E-state index contributed by atoms with van der Waals surface area (Å²) >= 11 is 0. The van der Waals surface area contributed by atoms with Gasteiger partial charge in [0.15, 0.2) is 0 Å². The zero-order valence-electron chi connectivity index (χ0n) is 11.8. The van der Waals surface area contributed by atoms with E-state index in [1.165, 1.54) is 6.42 Å². The molecular weight excluding hydrogens is 226 g/mol. The monoisotopic (exact) mass is 251 g/mol. The molecule has 1 heterocycles. The summed E-state index contributed by atoms with van der Waals surface area (Å²) in [4.78, 5) is 24.1. The third-order valence-corrected chi connectivity index (χ3v) is 5.32. The molecule has 1 saturated heterocycles. The molecule has 0 aromatic carbocycles. The van der Waals surface area contributed by atoms with Gasteiger partial charge in [-0.1, -0.05) is 40.0 Å². The van der Waals surface area contributed by atoms with Crippen LogP contribution in [0.15, 0.2) is 0 Å². The second-order valence-electron chi connectivity index (χ2n) is 6.68. The van der Waals surface area contributed by atoms with Gasteiger partial charge in [-0.3, -0.25) is 14.9 Å². The van der Waals surface area contributed by atoms with E-state index >= 15 is 0 Å². The topological polar surface area (TPSA) is 46.2 Å². The highest BCUT2D eigenvalue weighted by molar-refractivity contribution is 5.99. The van der Waals surface area contributed by atoms with Crippen LogP contribution in [-0.4, -0.2) is 11.8 Å². The van der Waals surface area contributed by atoms with Crippen molar-refractivity contribution in [3.8, 4) is 0 Å². The lowest BCUT2D eigenvalue weighted by Crippen LogP contribution is -2.58. The third-order valence-electron chi connectivity index (χ3n) is 5.32. The number of carbonyl (C=O) groups is 2. The number of carbonyl (C=O) groups excluding carboxylic acids is 2. The molecule has 0 bridgehead atoms. The Hall–Kier alpha value is -0.860. The average Bonchev–Trinajstić information content (AvgIpc) is 2.27.